The number of aliphatic hydroxyl groups is 1. The van der Waals surface area contributed by atoms with E-state index in [1.54, 1.807) is 10.6 Å². The van der Waals surface area contributed by atoms with Crippen LogP contribution >= 0.6 is 0 Å². The number of nitrogens with zero attached hydrogens (tertiary/aromatic N) is 2. The number of halogens is 1. The van der Waals surface area contributed by atoms with E-state index in [-0.39, 0.29) is 35.4 Å². The van der Waals surface area contributed by atoms with E-state index in [1.165, 1.54) is 11.6 Å². The van der Waals surface area contributed by atoms with Gasteiger partial charge < -0.3 is 14.4 Å². The highest BCUT2D eigenvalue weighted by molar-refractivity contribution is 5.80. The first-order chi connectivity index (χ1) is 14.0. The zero-order chi connectivity index (χ0) is 20.0. The fraction of sp³-hybridized carbons (Fsp3) is 0.409. The Kier molecular flexibility index (Phi) is 3.32. The van der Waals surface area contributed by atoms with E-state index in [1.807, 2.05) is 6.92 Å². The number of cyclic esters (lactones) is 1. The smallest absolute Gasteiger partial charge is 0.340 e. The molecular formula is C22H19FN2O4. The van der Waals surface area contributed by atoms with Crippen molar-refractivity contribution in [1.29, 1.82) is 0 Å². The summed E-state index contributed by atoms with van der Waals surface area (Å²) < 4.78 is 21.1. The van der Waals surface area contributed by atoms with Gasteiger partial charge in [-0.05, 0) is 48.4 Å². The van der Waals surface area contributed by atoms with Gasteiger partial charge in [0, 0.05) is 17.0 Å². The van der Waals surface area contributed by atoms with Crippen LogP contribution in [0.1, 0.15) is 65.3 Å². The average Bonchev–Trinajstić information content (AvgIpc) is 3.08. The number of hydrogen-bond acceptors (Lipinski definition) is 5. The highest BCUT2D eigenvalue weighted by Gasteiger charge is 2.39. The number of rotatable bonds is 0. The third kappa shape index (κ3) is 2.11. The number of pyridine rings is 2. The summed E-state index contributed by atoms with van der Waals surface area (Å²) in [6.07, 6.45) is 2.86. The molecule has 6 nitrogen and oxygen atoms in total. The molecule has 0 saturated carbocycles. The van der Waals surface area contributed by atoms with Gasteiger partial charge in [-0.1, -0.05) is 6.92 Å². The van der Waals surface area contributed by atoms with E-state index >= 15 is 0 Å². The lowest BCUT2D eigenvalue weighted by Gasteiger charge is -2.34. The number of esters is 1. The Labute approximate surface area is 165 Å². The van der Waals surface area contributed by atoms with Crippen molar-refractivity contribution < 1.29 is 19.0 Å². The maximum absolute atomic E-state index is 14.6. The summed E-state index contributed by atoms with van der Waals surface area (Å²) in [6.45, 7) is 2.20. The van der Waals surface area contributed by atoms with Crippen molar-refractivity contribution in [2.75, 3.05) is 0 Å². The minimum atomic E-state index is -1.47. The van der Waals surface area contributed by atoms with Crippen molar-refractivity contribution in [3.63, 3.8) is 0 Å². The number of aromatic nitrogens is 2. The molecule has 0 radical (unpaired) electrons. The highest BCUT2D eigenvalue weighted by Crippen LogP contribution is 2.49. The van der Waals surface area contributed by atoms with Gasteiger partial charge in [-0.15, -0.1) is 0 Å². The van der Waals surface area contributed by atoms with Crippen LogP contribution in [-0.4, -0.2) is 20.6 Å². The molecule has 29 heavy (non-hydrogen) atoms. The van der Waals surface area contributed by atoms with Crippen LogP contribution in [0.4, 0.5) is 4.39 Å². The quantitative estimate of drug-likeness (QED) is 0.593. The minimum absolute atomic E-state index is 0.123. The topological polar surface area (TPSA) is 81.4 Å². The van der Waals surface area contributed by atoms with Gasteiger partial charge >= 0.3 is 5.97 Å². The van der Waals surface area contributed by atoms with Crippen molar-refractivity contribution in [3.05, 3.63) is 55.8 Å². The number of fused-ring (bicyclic) bond motifs is 5. The minimum Gasteiger partial charge on any atom is -0.458 e. The van der Waals surface area contributed by atoms with Crippen molar-refractivity contribution in [3.8, 4) is 11.4 Å². The summed E-state index contributed by atoms with van der Waals surface area (Å²) in [5, 5.41) is 10.2. The van der Waals surface area contributed by atoms with Gasteiger partial charge in [-0.3, -0.25) is 4.79 Å². The fourth-order valence-corrected chi connectivity index (χ4v) is 5.45. The first kappa shape index (κ1) is 17.1. The summed E-state index contributed by atoms with van der Waals surface area (Å²) in [5.74, 6) is -0.936. The molecule has 2 aromatic heterocycles. The second kappa shape index (κ2) is 5.63. The summed E-state index contributed by atoms with van der Waals surface area (Å²) >= 11 is 0. The predicted molar refractivity (Wildman–Crippen MR) is 102 cm³/mol. The Morgan fingerprint density at radius 1 is 1.28 bits per heavy atom. The molecule has 2 aliphatic heterocycles. The molecule has 1 N–H and O–H groups in total. The Morgan fingerprint density at radius 3 is 2.93 bits per heavy atom. The molecule has 2 aliphatic carbocycles. The van der Waals surface area contributed by atoms with Gasteiger partial charge in [0.1, 0.15) is 12.4 Å². The molecule has 0 aromatic carbocycles. The molecular weight excluding hydrogens is 375 g/mol. The second-order valence-electron chi connectivity index (χ2n) is 8.40. The third-order valence-electron chi connectivity index (χ3n) is 6.98. The van der Waals surface area contributed by atoms with Crippen LogP contribution in [0.2, 0.25) is 0 Å². The standard InChI is InChI=1S/C22H19FN2O4/c1-9-10-3-2-4-11-13-7-25-17(19(13)24-16(18(10)11)6-15(9)23)5-12-14(21(25)27)8-29-22(28)20(12)26/h5-6,9-10,20,26H,2-4,7-8H2,1H3/t9?,10?,20-/m0/s1. The van der Waals surface area contributed by atoms with Crippen molar-refractivity contribution >= 4 is 12.0 Å². The Hall–Kier alpha value is -2.80. The first-order valence-corrected chi connectivity index (χ1v) is 10.00. The number of ether oxygens (including phenoxy) is 1. The van der Waals surface area contributed by atoms with Gasteiger partial charge in [0.25, 0.3) is 5.56 Å². The van der Waals surface area contributed by atoms with Crippen molar-refractivity contribution in [2.24, 2.45) is 5.92 Å². The molecule has 0 spiro atoms. The lowest BCUT2D eigenvalue weighted by atomic mass is 9.71. The molecule has 2 aromatic rings. The molecule has 4 heterocycles. The molecule has 3 atom stereocenters. The zero-order valence-corrected chi connectivity index (χ0v) is 15.9. The summed E-state index contributed by atoms with van der Waals surface area (Å²) in [7, 11) is 0. The van der Waals surface area contributed by atoms with E-state index < -0.39 is 12.1 Å². The lowest BCUT2D eigenvalue weighted by molar-refractivity contribution is -0.157. The highest BCUT2D eigenvalue weighted by atomic mass is 19.1. The van der Waals surface area contributed by atoms with Gasteiger partial charge in [0.15, 0.2) is 6.10 Å². The van der Waals surface area contributed by atoms with E-state index in [0.29, 0.717) is 29.2 Å². The van der Waals surface area contributed by atoms with Gasteiger partial charge in [-0.2, -0.15) is 0 Å². The number of carbonyl (C=O) groups is 1. The molecule has 0 fully saturated rings. The molecule has 6 rings (SSSR count). The first-order valence-electron chi connectivity index (χ1n) is 10.00. The molecule has 2 unspecified atom stereocenters. The van der Waals surface area contributed by atoms with Crippen molar-refractivity contribution in [2.45, 2.75) is 51.4 Å². The number of aliphatic hydroxyl groups excluding tert-OH is 1. The summed E-state index contributed by atoms with van der Waals surface area (Å²) in [5.41, 5.74) is 5.54. The Bertz CT molecular complexity index is 1210. The van der Waals surface area contributed by atoms with E-state index in [2.05, 4.69) is 0 Å². The van der Waals surface area contributed by atoms with E-state index in [9.17, 15) is 19.1 Å². The number of carbonyl (C=O) groups excluding carboxylic acids is 1. The normalized spacial score (nSPS) is 26.1. The largest absolute Gasteiger partial charge is 0.458 e. The molecule has 0 amide bonds. The van der Waals surface area contributed by atoms with Crippen LogP contribution in [0.25, 0.3) is 17.5 Å². The lowest BCUT2D eigenvalue weighted by Crippen LogP contribution is -2.32. The van der Waals surface area contributed by atoms with Gasteiger partial charge in [-0.25, -0.2) is 14.2 Å². The third-order valence-corrected chi connectivity index (χ3v) is 6.98. The average molecular weight is 394 g/mol. The van der Waals surface area contributed by atoms with Crippen LogP contribution in [0.15, 0.2) is 16.7 Å². The van der Waals surface area contributed by atoms with Crippen molar-refractivity contribution in [1.82, 2.24) is 9.55 Å². The fourth-order valence-electron chi connectivity index (χ4n) is 5.45. The van der Waals surface area contributed by atoms with Gasteiger partial charge in [0.05, 0.1) is 29.2 Å². The monoisotopic (exact) mass is 394 g/mol. The second-order valence-corrected chi connectivity index (χ2v) is 8.40. The van der Waals surface area contributed by atoms with Crippen LogP contribution in [0, 0.1) is 5.92 Å². The van der Waals surface area contributed by atoms with Crippen LogP contribution in [0.3, 0.4) is 0 Å². The van der Waals surface area contributed by atoms with E-state index in [0.717, 1.165) is 30.4 Å². The SMILES string of the molecule is CC1C(F)=Cc2nc3c(c4c2C1CCC4)Cn1c-3cc2c(c1=O)COC(=O)[C@H]2O. The predicted octanol–water partition coefficient (Wildman–Crippen LogP) is 2.74. The summed E-state index contributed by atoms with van der Waals surface area (Å²) in [6, 6.07) is 1.67. The Balaban J connectivity index is 1.62. The molecule has 7 heteroatoms. The number of allylic oxidation sites excluding steroid dienone is 1. The van der Waals surface area contributed by atoms with Crippen LogP contribution in [0.5, 0.6) is 0 Å². The maximum atomic E-state index is 14.6. The van der Waals surface area contributed by atoms with Crippen LogP contribution in [-0.2, 0) is 29.1 Å². The summed E-state index contributed by atoms with van der Waals surface area (Å²) in [4.78, 5) is 29.6. The molecule has 148 valence electrons. The molecule has 0 saturated heterocycles. The Morgan fingerprint density at radius 2 is 2.10 bits per heavy atom. The van der Waals surface area contributed by atoms with Gasteiger partial charge in [0.2, 0.25) is 0 Å². The molecule has 4 aliphatic rings. The zero-order valence-electron chi connectivity index (χ0n) is 15.9. The van der Waals surface area contributed by atoms with E-state index in [4.69, 9.17) is 9.72 Å². The molecule has 0 bridgehead atoms. The van der Waals surface area contributed by atoms with Crippen LogP contribution < -0.4 is 5.56 Å². The maximum Gasteiger partial charge on any atom is 0.340 e. The number of hydrogen-bond donors (Lipinski definition) is 1.